The first-order chi connectivity index (χ1) is 5.20. The lowest BCUT2D eigenvalue weighted by molar-refractivity contribution is -0.116. The van der Waals surface area contributed by atoms with Gasteiger partial charge in [-0.25, -0.2) is 0 Å². The zero-order valence-corrected chi connectivity index (χ0v) is 8.16. The minimum absolute atomic E-state index is 0.0209. The topological polar surface area (TPSA) is 29.1 Å². The van der Waals surface area contributed by atoms with Crippen LogP contribution in [0.5, 0.6) is 0 Å². The second kappa shape index (κ2) is 3.22. The van der Waals surface area contributed by atoms with Crippen molar-refractivity contribution >= 4 is 21.8 Å². The Kier molecular flexibility index (Phi) is 2.49. The van der Waals surface area contributed by atoms with Gasteiger partial charge < -0.3 is 5.32 Å². The van der Waals surface area contributed by atoms with Crippen molar-refractivity contribution in [2.45, 2.75) is 20.3 Å². The summed E-state index contributed by atoms with van der Waals surface area (Å²) in [5.74, 6) is 0.0209. The molecule has 0 radical (unpaired) electrons. The van der Waals surface area contributed by atoms with Crippen LogP contribution >= 0.6 is 15.9 Å². The number of hydrogen-bond acceptors (Lipinski definition) is 1. The first-order valence-corrected chi connectivity index (χ1v) is 4.44. The van der Waals surface area contributed by atoms with Gasteiger partial charge in [0.05, 0.1) is 5.70 Å². The van der Waals surface area contributed by atoms with E-state index in [2.05, 4.69) is 21.2 Å². The standard InChI is InChI=1S/C8H10BrNO/c1-3-6-5(2)8(11)10-7(6)4-9/h4H,3H2,1-2H3,(H,10,11)/b7-4+. The van der Waals surface area contributed by atoms with E-state index < -0.39 is 0 Å². The summed E-state index contributed by atoms with van der Waals surface area (Å²) >= 11 is 3.20. The molecule has 1 aliphatic rings. The van der Waals surface area contributed by atoms with Crippen LogP contribution in [0.1, 0.15) is 20.3 Å². The fourth-order valence-electron chi connectivity index (χ4n) is 1.18. The molecule has 3 heteroatoms. The highest BCUT2D eigenvalue weighted by Crippen LogP contribution is 2.23. The second-order valence-corrected chi connectivity index (χ2v) is 2.89. The predicted molar refractivity (Wildman–Crippen MR) is 48.1 cm³/mol. The Morgan fingerprint density at radius 2 is 2.27 bits per heavy atom. The van der Waals surface area contributed by atoms with Crippen LogP contribution in [0.15, 0.2) is 21.8 Å². The van der Waals surface area contributed by atoms with Gasteiger partial charge in [0.25, 0.3) is 5.91 Å². The molecule has 0 spiro atoms. The lowest BCUT2D eigenvalue weighted by Gasteiger charge is -1.98. The molecular formula is C8H10BrNO. The predicted octanol–water partition coefficient (Wildman–Crippen LogP) is 2.08. The third-order valence-electron chi connectivity index (χ3n) is 1.83. The zero-order valence-electron chi connectivity index (χ0n) is 6.57. The third-order valence-corrected chi connectivity index (χ3v) is 2.29. The Labute approximate surface area is 74.5 Å². The Morgan fingerprint density at radius 3 is 2.64 bits per heavy atom. The molecule has 60 valence electrons. The van der Waals surface area contributed by atoms with Crippen LogP contribution in [0.2, 0.25) is 0 Å². The molecule has 0 bridgehead atoms. The molecule has 1 N–H and O–H groups in total. The van der Waals surface area contributed by atoms with Crippen LogP contribution in [0, 0.1) is 0 Å². The van der Waals surface area contributed by atoms with Crippen LogP contribution in [-0.2, 0) is 4.79 Å². The van der Waals surface area contributed by atoms with E-state index in [0.717, 1.165) is 23.3 Å². The zero-order chi connectivity index (χ0) is 8.43. The van der Waals surface area contributed by atoms with E-state index in [1.807, 2.05) is 13.8 Å². The maximum Gasteiger partial charge on any atom is 0.251 e. The van der Waals surface area contributed by atoms with Crippen molar-refractivity contribution in [3.8, 4) is 0 Å². The van der Waals surface area contributed by atoms with E-state index in [0.29, 0.717) is 0 Å². The molecule has 0 aliphatic carbocycles. The first kappa shape index (κ1) is 8.53. The summed E-state index contributed by atoms with van der Waals surface area (Å²) in [7, 11) is 0. The number of carbonyl (C=O) groups is 1. The highest BCUT2D eigenvalue weighted by molar-refractivity contribution is 9.11. The van der Waals surface area contributed by atoms with Crippen molar-refractivity contribution in [3.05, 3.63) is 21.8 Å². The number of nitrogens with one attached hydrogen (secondary N) is 1. The van der Waals surface area contributed by atoms with Crippen LogP contribution in [0.3, 0.4) is 0 Å². The quantitative estimate of drug-likeness (QED) is 0.714. The molecule has 11 heavy (non-hydrogen) atoms. The molecule has 0 fully saturated rings. The van der Waals surface area contributed by atoms with Gasteiger partial charge in [-0.3, -0.25) is 4.79 Å². The molecule has 1 amide bonds. The number of carbonyl (C=O) groups excluding carboxylic acids is 1. The molecule has 0 aromatic rings. The van der Waals surface area contributed by atoms with Gasteiger partial charge in [-0.15, -0.1) is 0 Å². The van der Waals surface area contributed by atoms with Crippen molar-refractivity contribution in [2.24, 2.45) is 0 Å². The Hall–Kier alpha value is -0.570. The second-order valence-electron chi connectivity index (χ2n) is 2.43. The average molecular weight is 216 g/mol. The number of hydrogen-bond donors (Lipinski definition) is 1. The number of halogens is 1. The molecule has 1 heterocycles. The van der Waals surface area contributed by atoms with E-state index >= 15 is 0 Å². The fourth-order valence-corrected chi connectivity index (χ4v) is 1.57. The molecule has 1 rings (SSSR count). The summed E-state index contributed by atoms with van der Waals surface area (Å²) in [5.41, 5.74) is 2.83. The molecule has 0 saturated carbocycles. The maximum atomic E-state index is 11.1. The van der Waals surface area contributed by atoms with Gasteiger partial charge in [0.2, 0.25) is 0 Å². The summed E-state index contributed by atoms with van der Waals surface area (Å²) < 4.78 is 0. The Bertz CT molecular complexity index is 253. The molecule has 0 unspecified atom stereocenters. The third kappa shape index (κ3) is 1.38. The smallest absolute Gasteiger partial charge is 0.251 e. The van der Waals surface area contributed by atoms with Crippen molar-refractivity contribution in [2.75, 3.05) is 0 Å². The van der Waals surface area contributed by atoms with Gasteiger partial charge in [0.15, 0.2) is 0 Å². The molecular weight excluding hydrogens is 206 g/mol. The lowest BCUT2D eigenvalue weighted by atomic mass is 10.1. The highest BCUT2D eigenvalue weighted by atomic mass is 79.9. The molecule has 1 aliphatic heterocycles. The van der Waals surface area contributed by atoms with Gasteiger partial charge in [-0.1, -0.05) is 22.9 Å². The molecule has 0 aromatic carbocycles. The van der Waals surface area contributed by atoms with Crippen LogP contribution in [0.4, 0.5) is 0 Å². The largest absolute Gasteiger partial charge is 0.322 e. The van der Waals surface area contributed by atoms with E-state index in [1.165, 1.54) is 0 Å². The molecule has 0 saturated heterocycles. The SMILES string of the molecule is CCC1=C(C)C(=O)N/C1=C/Br. The van der Waals surface area contributed by atoms with Crippen molar-refractivity contribution in [1.82, 2.24) is 5.32 Å². The normalized spacial score (nSPS) is 21.4. The molecule has 0 atom stereocenters. The number of amides is 1. The number of rotatable bonds is 1. The maximum absolute atomic E-state index is 11.1. The summed E-state index contributed by atoms with van der Waals surface area (Å²) in [6, 6.07) is 0. The van der Waals surface area contributed by atoms with Gasteiger partial charge in [0.1, 0.15) is 0 Å². The number of allylic oxidation sites excluding steroid dienone is 1. The lowest BCUT2D eigenvalue weighted by Crippen LogP contribution is -2.14. The minimum Gasteiger partial charge on any atom is -0.322 e. The van der Waals surface area contributed by atoms with E-state index in [-0.39, 0.29) is 5.91 Å². The molecule has 0 aromatic heterocycles. The van der Waals surface area contributed by atoms with E-state index in [1.54, 1.807) is 4.99 Å². The summed E-state index contributed by atoms with van der Waals surface area (Å²) in [6.45, 7) is 3.88. The summed E-state index contributed by atoms with van der Waals surface area (Å²) in [4.78, 5) is 12.8. The van der Waals surface area contributed by atoms with Crippen LogP contribution in [0.25, 0.3) is 0 Å². The fraction of sp³-hybridized carbons (Fsp3) is 0.375. The van der Waals surface area contributed by atoms with Gasteiger partial charge in [-0.2, -0.15) is 0 Å². The Balaban J connectivity index is 3.05. The Morgan fingerprint density at radius 1 is 1.64 bits per heavy atom. The first-order valence-electron chi connectivity index (χ1n) is 3.52. The van der Waals surface area contributed by atoms with E-state index in [4.69, 9.17) is 0 Å². The van der Waals surface area contributed by atoms with Crippen molar-refractivity contribution in [1.29, 1.82) is 0 Å². The van der Waals surface area contributed by atoms with Crippen LogP contribution < -0.4 is 5.32 Å². The monoisotopic (exact) mass is 215 g/mol. The molecule has 2 nitrogen and oxygen atoms in total. The average Bonchev–Trinajstić information content (AvgIpc) is 2.28. The highest BCUT2D eigenvalue weighted by Gasteiger charge is 2.21. The van der Waals surface area contributed by atoms with Crippen molar-refractivity contribution < 1.29 is 4.79 Å². The summed E-state index contributed by atoms with van der Waals surface area (Å²) in [5, 5.41) is 2.76. The van der Waals surface area contributed by atoms with Gasteiger partial charge in [0, 0.05) is 10.6 Å². The summed E-state index contributed by atoms with van der Waals surface area (Å²) in [6.07, 6.45) is 0.891. The van der Waals surface area contributed by atoms with Crippen LogP contribution in [-0.4, -0.2) is 5.91 Å². The van der Waals surface area contributed by atoms with Gasteiger partial charge >= 0.3 is 0 Å². The minimum atomic E-state index is 0.0209. The van der Waals surface area contributed by atoms with Crippen molar-refractivity contribution in [3.63, 3.8) is 0 Å². The van der Waals surface area contributed by atoms with E-state index in [9.17, 15) is 4.79 Å². The van der Waals surface area contributed by atoms with Gasteiger partial charge in [-0.05, 0) is 18.9 Å².